The van der Waals surface area contributed by atoms with Gasteiger partial charge >= 0.3 is 0 Å². The van der Waals surface area contributed by atoms with E-state index in [2.05, 4.69) is 12.6 Å². The number of benzene rings is 1. The Kier molecular flexibility index (Phi) is 1.98. The molecule has 48 valence electrons. The van der Waals surface area contributed by atoms with Gasteiger partial charge < -0.3 is 0 Å². The Morgan fingerprint density at radius 2 is 2.11 bits per heavy atom. The molecular weight excluding hydrogens is 159 g/mol. The van der Waals surface area contributed by atoms with Crippen LogP contribution < -0.4 is 0 Å². The first-order valence-electron chi connectivity index (χ1n) is 2.34. The molecule has 3 heteroatoms. The van der Waals surface area contributed by atoms with Crippen molar-refractivity contribution in [2.45, 2.75) is 4.90 Å². The molecule has 0 saturated carbocycles. The summed E-state index contributed by atoms with van der Waals surface area (Å²) in [4.78, 5) is 0.595. The number of rotatable bonds is 0. The van der Waals surface area contributed by atoms with E-state index in [0.717, 1.165) is 0 Å². The van der Waals surface area contributed by atoms with E-state index in [9.17, 15) is 4.39 Å². The van der Waals surface area contributed by atoms with E-state index in [4.69, 9.17) is 11.6 Å². The van der Waals surface area contributed by atoms with Gasteiger partial charge in [-0.05, 0) is 18.2 Å². The molecule has 0 spiro atoms. The van der Waals surface area contributed by atoms with Gasteiger partial charge in [-0.1, -0.05) is 11.6 Å². The molecule has 0 nitrogen and oxygen atoms in total. The molecule has 9 heavy (non-hydrogen) atoms. The highest BCUT2D eigenvalue weighted by molar-refractivity contribution is 7.80. The van der Waals surface area contributed by atoms with Gasteiger partial charge in [-0.25, -0.2) is 4.39 Å². The summed E-state index contributed by atoms with van der Waals surface area (Å²) in [6.45, 7) is 0. The molecule has 0 saturated heterocycles. The topological polar surface area (TPSA) is 0 Å². The summed E-state index contributed by atoms with van der Waals surface area (Å²) in [6, 6.07) is 4.05. The molecule has 0 unspecified atom stereocenters. The molecule has 0 aliphatic carbocycles. The van der Waals surface area contributed by atoms with Crippen molar-refractivity contribution in [1.29, 1.82) is 0 Å². The minimum atomic E-state index is -0.335. The lowest BCUT2D eigenvalue weighted by atomic mass is 10.3. The Labute approximate surface area is 63.1 Å². The van der Waals surface area contributed by atoms with Gasteiger partial charge in [0.25, 0.3) is 0 Å². The van der Waals surface area contributed by atoms with E-state index in [-0.39, 0.29) is 5.82 Å². The van der Waals surface area contributed by atoms with Crippen molar-refractivity contribution in [3.63, 3.8) is 0 Å². The molecule has 0 atom stereocenters. The van der Waals surface area contributed by atoms with Crippen LogP contribution in [0, 0.1) is 5.82 Å². The van der Waals surface area contributed by atoms with Gasteiger partial charge in [0.15, 0.2) is 0 Å². The van der Waals surface area contributed by atoms with Crippen LogP contribution in [0.4, 0.5) is 4.39 Å². The normalized spacial score (nSPS) is 9.67. The molecule has 0 amide bonds. The average Bonchev–Trinajstić information content (AvgIpc) is 1.80. The van der Waals surface area contributed by atoms with Crippen LogP contribution in [0.25, 0.3) is 0 Å². The predicted molar refractivity (Wildman–Crippen MR) is 38.7 cm³/mol. The molecule has 0 aliphatic rings. The lowest BCUT2D eigenvalue weighted by molar-refractivity contribution is 0.626. The molecule has 0 N–H and O–H groups in total. The second-order valence-electron chi connectivity index (χ2n) is 1.60. The Hall–Kier alpha value is -0.210. The Morgan fingerprint density at radius 3 is 2.56 bits per heavy atom. The summed E-state index contributed by atoms with van der Waals surface area (Å²) in [6.07, 6.45) is 0. The number of thiol groups is 1. The van der Waals surface area contributed by atoms with Crippen molar-refractivity contribution < 1.29 is 4.39 Å². The Morgan fingerprint density at radius 1 is 1.44 bits per heavy atom. The van der Waals surface area contributed by atoms with Gasteiger partial charge in [0.05, 0.1) is 5.02 Å². The van der Waals surface area contributed by atoms with Crippen LogP contribution >= 0.6 is 24.2 Å². The second-order valence-corrected chi connectivity index (χ2v) is 2.48. The minimum Gasteiger partial charge on any atom is -0.207 e. The maximum absolute atomic E-state index is 12.2. The molecule has 0 bridgehead atoms. The van der Waals surface area contributed by atoms with E-state index in [1.54, 1.807) is 0 Å². The van der Waals surface area contributed by atoms with Crippen LogP contribution in [-0.2, 0) is 0 Å². The summed E-state index contributed by atoms with van der Waals surface area (Å²) < 4.78 is 12.2. The van der Waals surface area contributed by atoms with Gasteiger partial charge in [-0.3, -0.25) is 0 Å². The van der Waals surface area contributed by atoms with Crippen molar-refractivity contribution in [2.24, 2.45) is 0 Å². The summed E-state index contributed by atoms with van der Waals surface area (Å²) in [7, 11) is 0. The SMILES string of the molecule is Fc1ccc(S)c(Cl)c1. The third kappa shape index (κ3) is 1.60. The van der Waals surface area contributed by atoms with Crippen molar-refractivity contribution in [2.75, 3.05) is 0 Å². The summed E-state index contributed by atoms with van der Waals surface area (Å²) in [5.41, 5.74) is 0. The average molecular weight is 163 g/mol. The van der Waals surface area contributed by atoms with Crippen LogP contribution in [0.5, 0.6) is 0 Å². The van der Waals surface area contributed by atoms with Crippen LogP contribution in [0.2, 0.25) is 5.02 Å². The third-order valence-corrected chi connectivity index (χ3v) is 1.74. The second kappa shape index (κ2) is 2.58. The van der Waals surface area contributed by atoms with E-state index in [1.165, 1.54) is 18.2 Å². The van der Waals surface area contributed by atoms with Crippen LogP contribution in [-0.4, -0.2) is 0 Å². The standard InChI is InChI=1S/C6H4ClFS/c7-5-3-4(8)1-2-6(5)9/h1-3,9H. The first kappa shape index (κ1) is 6.90. The minimum absolute atomic E-state index is 0.335. The molecule has 0 heterocycles. The molecule has 0 aromatic heterocycles. The largest absolute Gasteiger partial charge is 0.207 e. The zero-order valence-electron chi connectivity index (χ0n) is 4.44. The fraction of sp³-hybridized carbons (Fsp3) is 0. The molecule has 0 aliphatic heterocycles. The number of hydrogen-bond acceptors (Lipinski definition) is 1. The maximum Gasteiger partial charge on any atom is 0.124 e. The Bertz CT molecular complexity index is 224. The van der Waals surface area contributed by atoms with E-state index in [0.29, 0.717) is 9.92 Å². The summed E-state index contributed by atoms with van der Waals surface area (Å²) >= 11 is 9.44. The third-order valence-electron chi connectivity index (χ3n) is 0.910. The first-order chi connectivity index (χ1) is 4.20. The van der Waals surface area contributed by atoms with Gasteiger partial charge in [0.1, 0.15) is 5.82 Å². The molecule has 0 fully saturated rings. The summed E-state index contributed by atoms with van der Waals surface area (Å²) in [5.74, 6) is -0.335. The molecule has 0 radical (unpaired) electrons. The van der Waals surface area contributed by atoms with Crippen molar-refractivity contribution >= 4 is 24.2 Å². The van der Waals surface area contributed by atoms with Crippen molar-refractivity contribution in [3.8, 4) is 0 Å². The Balaban J connectivity index is 3.17. The van der Waals surface area contributed by atoms with Gasteiger partial charge in [0, 0.05) is 4.90 Å². The number of halogens is 2. The van der Waals surface area contributed by atoms with Gasteiger partial charge in [-0.2, -0.15) is 0 Å². The smallest absolute Gasteiger partial charge is 0.124 e. The fourth-order valence-electron chi connectivity index (χ4n) is 0.481. The quantitative estimate of drug-likeness (QED) is 0.558. The molecular formula is C6H4ClFS. The van der Waals surface area contributed by atoms with Crippen molar-refractivity contribution in [3.05, 3.63) is 29.0 Å². The van der Waals surface area contributed by atoms with Gasteiger partial charge in [-0.15, -0.1) is 12.6 Å². The first-order valence-corrected chi connectivity index (χ1v) is 3.16. The van der Waals surface area contributed by atoms with Gasteiger partial charge in [0.2, 0.25) is 0 Å². The zero-order valence-corrected chi connectivity index (χ0v) is 6.09. The van der Waals surface area contributed by atoms with Crippen LogP contribution in [0.1, 0.15) is 0 Å². The fourth-order valence-corrected chi connectivity index (χ4v) is 0.788. The molecule has 1 aromatic rings. The maximum atomic E-state index is 12.2. The van der Waals surface area contributed by atoms with Crippen LogP contribution in [0.3, 0.4) is 0 Å². The molecule has 1 rings (SSSR count). The molecule has 1 aromatic carbocycles. The van der Waals surface area contributed by atoms with Crippen molar-refractivity contribution in [1.82, 2.24) is 0 Å². The predicted octanol–water partition coefficient (Wildman–Crippen LogP) is 2.77. The zero-order chi connectivity index (χ0) is 6.85. The highest BCUT2D eigenvalue weighted by Gasteiger charge is 1.94. The number of hydrogen-bond donors (Lipinski definition) is 1. The van der Waals surface area contributed by atoms with E-state index >= 15 is 0 Å². The monoisotopic (exact) mass is 162 g/mol. The van der Waals surface area contributed by atoms with E-state index in [1.807, 2.05) is 0 Å². The lowest BCUT2D eigenvalue weighted by Crippen LogP contribution is -1.72. The lowest BCUT2D eigenvalue weighted by Gasteiger charge is -1.92. The van der Waals surface area contributed by atoms with E-state index < -0.39 is 0 Å². The highest BCUT2D eigenvalue weighted by atomic mass is 35.5. The van der Waals surface area contributed by atoms with Crippen LogP contribution in [0.15, 0.2) is 23.1 Å². The summed E-state index contributed by atoms with van der Waals surface area (Å²) in [5, 5.41) is 0.346. The highest BCUT2D eigenvalue weighted by Crippen LogP contribution is 2.19.